The van der Waals surface area contributed by atoms with E-state index in [-0.39, 0.29) is 11.1 Å². The highest BCUT2D eigenvalue weighted by Gasteiger charge is 2.13. The molecule has 2 amide bonds. The number of furan rings is 1. The Hall–Kier alpha value is -2.01. The first kappa shape index (κ1) is 14.4. The maximum atomic E-state index is 12.9. The molecule has 0 saturated heterocycles. The predicted octanol–water partition coefficient (Wildman–Crippen LogP) is 4.26. The number of halogens is 2. The molecule has 4 nitrogen and oxygen atoms in total. The van der Waals surface area contributed by atoms with E-state index in [9.17, 15) is 9.18 Å². The fraction of sp³-hybridized carbons (Fsp3) is 0.214. The lowest BCUT2D eigenvalue weighted by molar-refractivity contribution is 0.247. The Bertz CT molecular complexity index is 627. The third-order valence-electron chi connectivity index (χ3n) is 2.71. The van der Waals surface area contributed by atoms with Crippen LogP contribution in [0.1, 0.15) is 24.5 Å². The molecule has 0 saturated carbocycles. The van der Waals surface area contributed by atoms with Gasteiger partial charge in [0.15, 0.2) is 0 Å². The lowest BCUT2D eigenvalue weighted by atomic mass is 10.2. The van der Waals surface area contributed by atoms with Crippen LogP contribution in [0, 0.1) is 12.7 Å². The van der Waals surface area contributed by atoms with Crippen LogP contribution in [0.25, 0.3) is 0 Å². The minimum absolute atomic E-state index is 0.140. The van der Waals surface area contributed by atoms with E-state index in [0.717, 1.165) is 11.8 Å². The number of nitrogens with one attached hydrogen (secondary N) is 2. The largest absolute Gasteiger partial charge is 0.464 e. The van der Waals surface area contributed by atoms with Crippen molar-refractivity contribution < 1.29 is 13.6 Å². The van der Waals surface area contributed by atoms with Crippen molar-refractivity contribution in [1.82, 2.24) is 5.32 Å². The van der Waals surface area contributed by atoms with Crippen LogP contribution in [-0.4, -0.2) is 6.03 Å². The van der Waals surface area contributed by atoms with E-state index >= 15 is 0 Å². The van der Waals surface area contributed by atoms with Crippen LogP contribution in [-0.2, 0) is 0 Å². The summed E-state index contributed by atoms with van der Waals surface area (Å²) in [6.07, 6.45) is 0. The second-order valence-electron chi connectivity index (χ2n) is 4.39. The zero-order valence-corrected chi connectivity index (χ0v) is 11.8. The van der Waals surface area contributed by atoms with Gasteiger partial charge in [0.1, 0.15) is 17.3 Å². The molecule has 2 N–H and O–H groups in total. The van der Waals surface area contributed by atoms with Crippen molar-refractivity contribution in [1.29, 1.82) is 0 Å². The average molecular weight is 297 g/mol. The van der Waals surface area contributed by atoms with Gasteiger partial charge in [-0.05, 0) is 44.2 Å². The van der Waals surface area contributed by atoms with Gasteiger partial charge in [-0.1, -0.05) is 11.6 Å². The van der Waals surface area contributed by atoms with E-state index in [4.69, 9.17) is 16.0 Å². The molecule has 0 radical (unpaired) electrons. The summed E-state index contributed by atoms with van der Waals surface area (Å²) in [4.78, 5) is 11.8. The van der Waals surface area contributed by atoms with Crippen LogP contribution in [0.15, 0.2) is 34.7 Å². The van der Waals surface area contributed by atoms with E-state index in [1.807, 2.05) is 13.0 Å². The molecule has 6 heteroatoms. The summed E-state index contributed by atoms with van der Waals surface area (Å²) < 4.78 is 18.3. The highest BCUT2D eigenvalue weighted by molar-refractivity contribution is 6.33. The fourth-order valence-corrected chi connectivity index (χ4v) is 1.92. The number of urea groups is 1. The van der Waals surface area contributed by atoms with E-state index in [1.54, 1.807) is 13.0 Å². The molecular weight excluding hydrogens is 283 g/mol. The van der Waals surface area contributed by atoms with Crippen LogP contribution in [0.3, 0.4) is 0 Å². The van der Waals surface area contributed by atoms with Gasteiger partial charge in [0.25, 0.3) is 0 Å². The average Bonchev–Trinajstić information content (AvgIpc) is 2.79. The topological polar surface area (TPSA) is 54.3 Å². The number of anilines is 1. The summed E-state index contributed by atoms with van der Waals surface area (Å²) in [6, 6.07) is 6.65. The van der Waals surface area contributed by atoms with Crippen LogP contribution in [0.5, 0.6) is 0 Å². The zero-order chi connectivity index (χ0) is 14.7. The molecule has 1 unspecified atom stereocenters. The number of hydrogen-bond acceptors (Lipinski definition) is 2. The van der Waals surface area contributed by atoms with Crippen molar-refractivity contribution in [2.24, 2.45) is 0 Å². The first-order valence-corrected chi connectivity index (χ1v) is 6.42. The smallest absolute Gasteiger partial charge is 0.319 e. The van der Waals surface area contributed by atoms with Crippen molar-refractivity contribution in [3.8, 4) is 0 Å². The quantitative estimate of drug-likeness (QED) is 0.889. The Morgan fingerprint density at radius 1 is 1.35 bits per heavy atom. The van der Waals surface area contributed by atoms with E-state index < -0.39 is 11.8 Å². The SMILES string of the molecule is Cc1ccc(C(C)NC(=O)Nc2ccc(F)cc2Cl)o1. The molecule has 0 fully saturated rings. The summed E-state index contributed by atoms with van der Waals surface area (Å²) in [6.45, 7) is 3.62. The maximum Gasteiger partial charge on any atom is 0.319 e. The van der Waals surface area contributed by atoms with Crippen LogP contribution < -0.4 is 10.6 Å². The molecular formula is C14H14ClFN2O2. The Balaban J connectivity index is 1.98. The first-order valence-electron chi connectivity index (χ1n) is 6.04. The van der Waals surface area contributed by atoms with Crippen molar-refractivity contribution in [2.45, 2.75) is 19.9 Å². The summed E-state index contributed by atoms with van der Waals surface area (Å²) >= 11 is 5.83. The van der Waals surface area contributed by atoms with Crippen molar-refractivity contribution in [3.05, 3.63) is 52.7 Å². The molecule has 20 heavy (non-hydrogen) atoms. The number of aryl methyl sites for hydroxylation is 1. The van der Waals surface area contributed by atoms with E-state index in [0.29, 0.717) is 11.4 Å². The van der Waals surface area contributed by atoms with Crippen LogP contribution in [0.2, 0.25) is 5.02 Å². The van der Waals surface area contributed by atoms with Gasteiger partial charge in [0, 0.05) is 0 Å². The van der Waals surface area contributed by atoms with Gasteiger partial charge in [-0.2, -0.15) is 0 Å². The van der Waals surface area contributed by atoms with Gasteiger partial charge >= 0.3 is 6.03 Å². The normalized spacial score (nSPS) is 12.0. The number of rotatable bonds is 3. The van der Waals surface area contributed by atoms with Crippen LogP contribution in [0.4, 0.5) is 14.9 Å². The molecule has 0 aliphatic heterocycles. The van der Waals surface area contributed by atoms with Crippen molar-refractivity contribution in [2.75, 3.05) is 5.32 Å². The monoisotopic (exact) mass is 296 g/mol. The highest BCUT2D eigenvalue weighted by atomic mass is 35.5. The van der Waals surface area contributed by atoms with Gasteiger partial charge in [0.05, 0.1) is 16.8 Å². The summed E-state index contributed by atoms with van der Waals surface area (Å²) in [5, 5.41) is 5.40. The number of amides is 2. The minimum atomic E-state index is -0.458. The Morgan fingerprint density at radius 3 is 2.70 bits per heavy atom. The molecule has 0 aliphatic carbocycles. The molecule has 0 aliphatic rings. The zero-order valence-electron chi connectivity index (χ0n) is 11.0. The van der Waals surface area contributed by atoms with E-state index in [1.165, 1.54) is 12.1 Å². The van der Waals surface area contributed by atoms with Gasteiger partial charge in [-0.25, -0.2) is 9.18 Å². The third kappa shape index (κ3) is 3.51. The molecule has 106 valence electrons. The maximum absolute atomic E-state index is 12.9. The minimum Gasteiger partial charge on any atom is -0.464 e. The Labute approximate surface area is 120 Å². The molecule has 0 bridgehead atoms. The fourth-order valence-electron chi connectivity index (χ4n) is 1.70. The van der Waals surface area contributed by atoms with Gasteiger partial charge in [-0.3, -0.25) is 0 Å². The first-order chi connectivity index (χ1) is 9.45. The lowest BCUT2D eigenvalue weighted by Gasteiger charge is -2.13. The molecule has 1 aromatic heterocycles. The van der Waals surface area contributed by atoms with Gasteiger partial charge in [-0.15, -0.1) is 0 Å². The highest BCUT2D eigenvalue weighted by Crippen LogP contribution is 2.22. The molecule has 1 heterocycles. The second-order valence-corrected chi connectivity index (χ2v) is 4.80. The standard InChI is InChI=1S/C14H14ClFN2O2/c1-8-3-6-13(20-8)9(2)17-14(19)18-12-5-4-10(16)7-11(12)15/h3-7,9H,1-2H3,(H2,17,18,19). The molecule has 0 spiro atoms. The van der Waals surface area contributed by atoms with Crippen LogP contribution >= 0.6 is 11.6 Å². The number of hydrogen-bond donors (Lipinski definition) is 2. The summed E-state index contributed by atoms with van der Waals surface area (Å²) in [5.41, 5.74) is 0.341. The lowest BCUT2D eigenvalue weighted by Crippen LogP contribution is -2.31. The third-order valence-corrected chi connectivity index (χ3v) is 3.03. The Kier molecular flexibility index (Phi) is 4.29. The summed E-state index contributed by atoms with van der Waals surface area (Å²) in [5.74, 6) is 0.971. The number of benzene rings is 1. The molecule has 1 aromatic carbocycles. The number of carbonyl (C=O) groups is 1. The van der Waals surface area contributed by atoms with E-state index in [2.05, 4.69) is 10.6 Å². The Morgan fingerprint density at radius 2 is 2.10 bits per heavy atom. The second kappa shape index (κ2) is 5.96. The predicted molar refractivity (Wildman–Crippen MR) is 75.4 cm³/mol. The van der Waals surface area contributed by atoms with Crippen molar-refractivity contribution in [3.63, 3.8) is 0 Å². The van der Waals surface area contributed by atoms with Gasteiger partial charge in [0.2, 0.25) is 0 Å². The van der Waals surface area contributed by atoms with Gasteiger partial charge < -0.3 is 15.1 Å². The van der Waals surface area contributed by atoms with Crippen molar-refractivity contribution >= 4 is 23.3 Å². The molecule has 2 aromatic rings. The molecule has 1 atom stereocenters. The molecule has 2 rings (SSSR count). The number of carbonyl (C=O) groups excluding carboxylic acids is 1. The summed E-state index contributed by atoms with van der Waals surface area (Å²) in [7, 11) is 0.